The molecule has 0 aliphatic heterocycles. The number of aliphatic hydroxyl groups is 2. The van der Waals surface area contributed by atoms with Crippen molar-refractivity contribution in [2.45, 2.75) is 12.5 Å². The number of nitrogens with one attached hydrogen (secondary N) is 1. The maximum absolute atomic E-state index is 11.8. The Morgan fingerprint density at radius 2 is 2.19 bits per heavy atom. The molecule has 0 atom stereocenters. The molecule has 3 N–H and O–H groups in total. The highest BCUT2D eigenvalue weighted by Crippen LogP contribution is 2.24. The van der Waals surface area contributed by atoms with Crippen LogP contribution in [0.25, 0.3) is 0 Å². The van der Waals surface area contributed by atoms with E-state index in [1.165, 1.54) is 18.4 Å². The quantitative estimate of drug-likeness (QED) is 0.694. The van der Waals surface area contributed by atoms with Gasteiger partial charge in [-0.3, -0.25) is 4.79 Å². The maximum atomic E-state index is 11.8. The van der Waals surface area contributed by atoms with Crippen molar-refractivity contribution in [1.82, 2.24) is 5.32 Å². The third-order valence-corrected chi connectivity index (χ3v) is 3.06. The summed E-state index contributed by atoms with van der Waals surface area (Å²) in [6.45, 7) is 0.900. The van der Waals surface area contributed by atoms with Crippen LogP contribution < -0.4 is 10.1 Å². The molecular weight excluding hydrogens is 230 g/mol. The Morgan fingerprint density at radius 1 is 1.56 bits per heavy atom. The fourth-order valence-electron chi connectivity index (χ4n) is 1.08. The van der Waals surface area contributed by atoms with Crippen molar-refractivity contribution in [3.63, 3.8) is 0 Å². The molecule has 5 nitrogen and oxygen atoms in total. The second-order valence-corrected chi connectivity index (χ2v) is 4.57. The van der Waals surface area contributed by atoms with Gasteiger partial charge in [-0.2, -0.15) is 0 Å². The average Bonchev–Trinajstić information content (AvgIpc) is 2.76. The van der Waals surface area contributed by atoms with Gasteiger partial charge < -0.3 is 20.3 Å². The molecular formula is C10H15NO4S. The lowest BCUT2D eigenvalue weighted by Crippen LogP contribution is -2.51. The second-order valence-electron chi connectivity index (χ2n) is 3.65. The van der Waals surface area contributed by atoms with Gasteiger partial charge in [0.2, 0.25) is 0 Å². The molecule has 0 saturated carbocycles. The summed E-state index contributed by atoms with van der Waals surface area (Å²) in [5.41, 5.74) is -1.02. The standard InChI is InChI=1S/C10H15NO4S/c1-10(5-12,6-13)11-9(14)8-7(15-2)3-4-16-8/h3-4,12-13H,5-6H2,1-2H3,(H,11,14). The SMILES string of the molecule is COc1ccsc1C(=O)NC(C)(CO)CO. The van der Waals surface area contributed by atoms with E-state index in [1.807, 2.05) is 0 Å². The summed E-state index contributed by atoms with van der Waals surface area (Å²) < 4.78 is 5.01. The third kappa shape index (κ3) is 2.72. The maximum Gasteiger partial charge on any atom is 0.265 e. The van der Waals surface area contributed by atoms with Gasteiger partial charge in [0.15, 0.2) is 0 Å². The lowest BCUT2D eigenvalue weighted by Gasteiger charge is -2.25. The van der Waals surface area contributed by atoms with Gasteiger partial charge in [0.25, 0.3) is 5.91 Å². The first-order chi connectivity index (χ1) is 7.56. The Bertz CT molecular complexity index is 359. The van der Waals surface area contributed by atoms with E-state index in [4.69, 9.17) is 14.9 Å². The zero-order valence-electron chi connectivity index (χ0n) is 9.19. The summed E-state index contributed by atoms with van der Waals surface area (Å²) in [7, 11) is 1.48. The molecule has 0 radical (unpaired) electrons. The molecule has 0 unspecified atom stereocenters. The predicted molar refractivity (Wildman–Crippen MR) is 60.9 cm³/mol. The molecule has 0 aromatic carbocycles. The van der Waals surface area contributed by atoms with Crippen LogP contribution in [0.15, 0.2) is 11.4 Å². The number of thiophene rings is 1. The van der Waals surface area contributed by atoms with E-state index in [2.05, 4.69) is 5.32 Å². The molecule has 0 bridgehead atoms. The van der Waals surface area contributed by atoms with Crippen LogP contribution >= 0.6 is 11.3 Å². The van der Waals surface area contributed by atoms with Gasteiger partial charge in [-0.25, -0.2) is 0 Å². The molecule has 1 amide bonds. The highest BCUT2D eigenvalue weighted by Gasteiger charge is 2.26. The summed E-state index contributed by atoms with van der Waals surface area (Å²) in [6.07, 6.45) is 0. The minimum atomic E-state index is -1.02. The van der Waals surface area contributed by atoms with Crippen LogP contribution in [-0.2, 0) is 0 Å². The molecule has 0 spiro atoms. The van der Waals surface area contributed by atoms with Crippen LogP contribution in [0.2, 0.25) is 0 Å². The fourth-order valence-corrected chi connectivity index (χ4v) is 1.84. The molecule has 1 aromatic rings. The second kappa shape index (κ2) is 5.29. The first-order valence-corrected chi connectivity index (χ1v) is 5.60. The monoisotopic (exact) mass is 245 g/mol. The molecule has 1 aromatic heterocycles. The van der Waals surface area contributed by atoms with Gasteiger partial charge in [0.1, 0.15) is 10.6 Å². The Morgan fingerprint density at radius 3 is 2.69 bits per heavy atom. The van der Waals surface area contributed by atoms with Crippen LogP contribution in [-0.4, -0.2) is 42.0 Å². The molecule has 16 heavy (non-hydrogen) atoms. The van der Waals surface area contributed by atoms with Crippen molar-refractivity contribution in [3.05, 3.63) is 16.3 Å². The Kier molecular flexibility index (Phi) is 4.28. The van der Waals surface area contributed by atoms with Crippen molar-refractivity contribution in [3.8, 4) is 5.75 Å². The molecule has 0 saturated heterocycles. The van der Waals surface area contributed by atoms with Gasteiger partial charge >= 0.3 is 0 Å². The predicted octanol–water partition coefficient (Wildman–Crippen LogP) is 0.230. The van der Waals surface area contributed by atoms with E-state index in [1.54, 1.807) is 18.4 Å². The van der Waals surface area contributed by atoms with Gasteiger partial charge in [-0.05, 0) is 18.4 Å². The van der Waals surface area contributed by atoms with Gasteiger partial charge in [0, 0.05) is 0 Å². The summed E-state index contributed by atoms with van der Waals surface area (Å²) in [4.78, 5) is 12.2. The smallest absolute Gasteiger partial charge is 0.265 e. The number of ether oxygens (including phenoxy) is 1. The van der Waals surface area contributed by atoms with Crippen molar-refractivity contribution in [1.29, 1.82) is 0 Å². The first-order valence-electron chi connectivity index (χ1n) is 4.72. The van der Waals surface area contributed by atoms with Crippen molar-refractivity contribution < 1.29 is 19.7 Å². The average molecular weight is 245 g/mol. The van der Waals surface area contributed by atoms with Crippen LogP contribution in [0.3, 0.4) is 0 Å². The fraction of sp³-hybridized carbons (Fsp3) is 0.500. The van der Waals surface area contributed by atoms with Crippen molar-refractivity contribution in [2.24, 2.45) is 0 Å². The molecule has 90 valence electrons. The summed E-state index contributed by atoms with van der Waals surface area (Å²) in [6, 6.07) is 1.69. The zero-order chi connectivity index (χ0) is 12.2. The number of rotatable bonds is 5. The van der Waals surface area contributed by atoms with Gasteiger partial charge in [0.05, 0.1) is 25.9 Å². The number of carbonyl (C=O) groups is 1. The van der Waals surface area contributed by atoms with E-state index < -0.39 is 5.54 Å². The molecule has 1 rings (SSSR count). The number of aliphatic hydroxyl groups excluding tert-OH is 2. The lowest BCUT2D eigenvalue weighted by atomic mass is 10.1. The van der Waals surface area contributed by atoms with Crippen LogP contribution in [0.4, 0.5) is 0 Å². The van der Waals surface area contributed by atoms with E-state index in [0.717, 1.165) is 0 Å². The number of hydrogen-bond donors (Lipinski definition) is 3. The van der Waals surface area contributed by atoms with E-state index in [9.17, 15) is 4.79 Å². The summed E-state index contributed by atoms with van der Waals surface area (Å²) in [5, 5.41) is 22.4. The minimum Gasteiger partial charge on any atom is -0.495 e. The minimum absolute atomic E-state index is 0.330. The number of amides is 1. The Balaban J connectivity index is 2.80. The molecule has 6 heteroatoms. The Labute approximate surface area is 97.7 Å². The third-order valence-electron chi connectivity index (χ3n) is 2.17. The van der Waals surface area contributed by atoms with Gasteiger partial charge in [-0.1, -0.05) is 0 Å². The van der Waals surface area contributed by atoms with Crippen LogP contribution in [0.5, 0.6) is 5.75 Å². The van der Waals surface area contributed by atoms with E-state index in [0.29, 0.717) is 10.6 Å². The molecule has 0 aliphatic rings. The van der Waals surface area contributed by atoms with E-state index in [-0.39, 0.29) is 19.1 Å². The molecule has 0 aliphatic carbocycles. The Hall–Kier alpha value is -1.11. The van der Waals surface area contributed by atoms with E-state index >= 15 is 0 Å². The van der Waals surface area contributed by atoms with Crippen LogP contribution in [0.1, 0.15) is 16.6 Å². The first kappa shape index (κ1) is 13.0. The van der Waals surface area contributed by atoms with Crippen molar-refractivity contribution >= 4 is 17.2 Å². The molecule has 1 heterocycles. The normalized spacial score (nSPS) is 11.2. The number of hydrogen-bond acceptors (Lipinski definition) is 5. The summed E-state index contributed by atoms with van der Waals surface area (Å²) >= 11 is 1.24. The number of carbonyl (C=O) groups excluding carboxylic acids is 1. The molecule has 0 fully saturated rings. The topological polar surface area (TPSA) is 78.8 Å². The zero-order valence-corrected chi connectivity index (χ0v) is 10.0. The largest absolute Gasteiger partial charge is 0.495 e. The highest BCUT2D eigenvalue weighted by molar-refractivity contribution is 7.12. The highest BCUT2D eigenvalue weighted by atomic mass is 32.1. The number of methoxy groups -OCH3 is 1. The summed E-state index contributed by atoms with van der Waals surface area (Å²) in [5.74, 6) is 0.123. The van der Waals surface area contributed by atoms with Crippen LogP contribution in [0, 0.1) is 0 Å². The lowest BCUT2D eigenvalue weighted by molar-refractivity contribution is 0.0725. The van der Waals surface area contributed by atoms with Gasteiger partial charge in [-0.15, -0.1) is 11.3 Å². The van der Waals surface area contributed by atoms with Crippen molar-refractivity contribution in [2.75, 3.05) is 20.3 Å².